The Labute approximate surface area is 210 Å². The number of nitrogens with one attached hydrogen (secondary N) is 1. The van der Waals surface area contributed by atoms with Crippen LogP contribution in [0.1, 0.15) is 51.5 Å². The van der Waals surface area contributed by atoms with E-state index in [4.69, 9.17) is 23.2 Å². The van der Waals surface area contributed by atoms with Crippen molar-refractivity contribution in [3.8, 4) is 0 Å². The Morgan fingerprint density at radius 2 is 1.74 bits per heavy atom. The van der Waals surface area contributed by atoms with Gasteiger partial charge < -0.3 is 10.2 Å². The number of imide groups is 1. The Morgan fingerprint density at radius 3 is 2.29 bits per heavy atom. The lowest BCUT2D eigenvalue weighted by atomic mass is 9.85. The van der Waals surface area contributed by atoms with Gasteiger partial charge in [-0.3, -0.25) is 24.1 Å². The molecule has 34 heavy (non-hydrogen) atoms. The summed E-state index contributed by atoms with van der Waals surface area (Å²) in [4.78, 5) is 54.5. The minimum Gasteiger partial charge on any atom is -0.354 e. The molecule has 2 aliphatic rings. The Balaban J connectivity index is 1.76. The first kappa shape index (κ1) is 26.2. The molecule has 1 heterocycles. The van der Waals surface area contributed by atoms with E-state index in [9.17, 15) is 19.2 Å². The summed E-state index contributed by atoms with van der Waals surface area (Å²) < 4.78 is 0. The van der Waals surface area contributed by atoms with Gasteiger partial charge in [-0.15, -0.1) is 0 Å². The molecule has 1 saturated heterocycles. The van der Waals surface area contributed by atoms with Crippen LogP contribution in [0.3, 0.4) is 0 Å². The van der Waals surface area contributed by atoms with Crippen molar-refractivity contribution in [3.05, 3.63) is 46.0 Å². The summed E-state index contributed by atoms with van der Waals surface area (Å²) in [7, 11) is 0. The number of hydrogen-bond donors (Lipinski definition) is 1. The third-order valence-corrected chi connectivity index (χ3v) is 7.16. The second-order valence-electron chi connectivity index (χ2n) is 8.72. The summed E-state index contributed by atoms with van der Waals surface area (Å²) in [5, 5.41) is 3.63. The number of benzene rings is 1. The first-order valence-electron chi connectivity index (χ1n) is 11.8. The van der Waals surface area contributed by atoms with Crippen LogP contribution in [0.25, 0.3) is 0 Å². The maximum absolute atomic E-state index is 13.4. The standard InChI is InChI=1S/C25H31Cl2N3O4/c1-3-12-28-23(32)21(4-2)30(15-16-9-10-19(26)20(27)14-16)22(31)11-13-29-24(33)17-7-5-6-8-18(17)25(29)34/h5-6,9-10,14,17-18,21H,3-4,7-8,11-13,15H2,1-2H3,(H,28,32)/t17-,18+,21-/m1/s1. The summed E-state index contributed by atoms with van der Waals surface area (Å²) in [6, 6.07) is 4.39. The maximum Gasteiger partial charge on any atom is 0.242 e. The van der Waals surface area contributed by atoms with Gasteiger partial charge in [-0.2, -0.15) is 0 Å². The zero-order valence-electron chi connectivity index (χ0n) is 19.6. The first-order chi connectivity index (χ1) is 16.3. The van der Waals surface area contributed by atoms with Crippen LogP contribution < -0.4 is 5.32 Å². The van der Waals surface area contributed by atoms with Crippen molar-refractivity contribution in [2.75, 3.05) is 13.1 Å². The van der Waals surface area contributed by atoms with E-state index in [1.807, 2.05) is 26.0 Å². The van der Waals surface area contributed by atoms with Crippen LogP contribution in [0.2, 0.25) is 10.0 Å². The monoisotopic (exact) mass is 507 g/mol. The van der Waals surface area contributed by atoms with Crippen LogP contribution in [0.15, 0.2) is 30.4 Å². The van der Waals surface area contributed by atoms with E-state index in [2.05, 4.69) is 5.32 Å². The summed E-state index contributed by atoms with van der Waals surface area (Å²) in [5.41, 5.74) is 0.731. The molecular weight excluding hydrogens is 477 g/mol. The van der Waals surface area contributed by atoms with Crippen LogP contribution in [-0.4, -0.2) is 52.6 Å². The minimum atomic E-state index is -0.690. The predicted molar refractivity (Wildman–Crippen MR) is 131 cm³/mol. The highest BCUT2D eigenvalue weighted by Crippen LogP contribution is 2.35. The fraction of sp³-hybridized carbons (Fsp3) is 0.520. The summed E-state index contributed by atoms with van der Waals surface area (Å²) >= 11 is 12.2. The molecule has 1 aromatic rings. The van der Waals surface area contributed by atoms with Crippen LogP contribution >= 0.6 is 23.2 Å². The number of fused-ring (bicyclic) bond motifs is 1. The summed E-state index contributed by atoms with van der Waals surface area (Å²) in [5.74, 6) is -1.63. The van der Waals surface area contributed by atoms with E-state index in [0.717, 1.165) is 12.0 Å². The van der Waals surface area contributed by atoms with Gasteiger partial charge in [0.05, 0.1) is 21.9 Å². The minimum absolute atomic E-state index is 0.00832. The van der Waals surface area contributed by atoms with Crippen molar-refractivity contribution in [1.82, 2.24) is 15.1 Å². The number of amides is 4. The summed E-state index contributed by atoms with van der Waals surface area (Å²) in [6.07, 6.45) is 6.11. The molecule has 1 aromatic carbocycles. The summed E-state index contributed by atoms with van der Waals surface area (Å²) in [6.45, 7) is 4.48. The van der Waals surface area contributed by atoms with Gasteiger partial charge in [-0.05, 0) is 43.4 Å². The number of likely N-dealkylation sites (tertiary alicyclic amines) is 1. The SMILES string of the molecule is CCCNC(=O)[C@@H](CC)N(Cc1ccc(Cl)c(Cl)c1)C(=O)CCN1C(=O)[C@H]2CC=CC[C@H]2C1=O. The Bertz CT molecular complexity index is 955. The second-order valence-corrected chi connectivity index (χ2v) is 9.53. The van der Waals surface area contributed by atoms with Crippen molar-refractivity contribution in [2.24, 2.45) is 11.8 Å². The van der Waals surface area contributed by atoms with Crippen molar-refractivity contribution >= 4 is 46.8 Å². The third-order valence-electron chi connectivity index (χ3n) is 6.42. The van der Waals surface area contributed by atoms with E-state index in [0.29, 0.717) is 35.9 Å². The smallest absolute Gasteiger partial charge is 0.242 e. The Morgan fingerprint density at radius 1 is 1.09 bits per heavy atom. The predicted octanol–water partition coefficient (Wildman–Crippen LogP) is 3.97. The fourth-order valence-electron chi connectivity index (χ4n) is 4.56. The zero-order valence-corrected chi connectivity index (χ0v) is 21.1. The van der Waals surface area contributed by atoms with Gasteiger partial charge in [0.25, 0.3) is 0 Å². The van der Waals surface area contributed by atoms with E-state index in [1.165, 1.54) is 9.80 Å². The Kier molecular flexibility index (Phi) is 9.14. The topological polar surface area (TPSA) is 86.8 Å². The maximum atomic E-state index is 13.4. The molecule has 0 radical (unpaired) electrons. The first-order valence-corrected chi connectivity index (χ1v) is 12.5. The number of allylic oxidation sites excluding steroid dienone is 2. The lowest BCUT2D eigenvalue weighted by molar-refractivity contribution is -0.144. The molecule has 1 N–H and O–H groups in total. The van der Waals surface area contributed by atoms with Gasteiger partial charge in [-0.1, -0.05) is 55.3 Å². The molecule has 0 unspecified atom stereocenters. The number of halogens is 2. The van der Waals surface area contributed by atoms with Crippen molar-refractivity contribution < 1.29 is 19.2 Å². The number of carbonyl (C=O) groups is 4. The quantitative estimate of drug-likeness (QED) is 0.383. The molecule has 4 amide bonds. The molecule has 1 aliphatic carbocycles. The lowest BCUT2D eigenvalue weighted by Gasteiger charge is -2.31. The number of rotatable bonds is 10. The highest BCUT2D eigenvalue weighted by Gasteiger charge is 2.47. The lowest BCUT2D eigenvalue weighted by Crippen LogP contribution is -2.49. The highest BCUT2D eigenvalue weighted by atomic mass is 35.5. The molecule has 0 saturated carbocycles. The average Bonchev–Trinajstić information content (AvgIpc) is 3.07. The average molecular weight is 508 g/mol. The van der Waals surface area contributed by atoms with Gasteiger partial charge in [-0.25, -0.2) is 0 Å². The van der Waals surface area contributed by atoms with Gasteiger partial charge in [0, 0.05) is 26.1 Å². The molecule has 9 heteroatoms. The largest absolute Gasteiger partial charge is 0.354 e. The van der Waals surface area contributed by atoms with Crippen LogP contribution in [0.5, 0.6) is 0 Å². The number of carbonyl (C=O) groups excluding carboxylic acids is 4. The highest BCUT2D eigenvalue weighted by molar-refractivity contribution is 6.42. The molecule has 0 bridgehead atoms. The van der Waals surface area contributed by atoms with E-state index in [-0.39, 0.29) is 55.0 Å². The molecule has 0 aromatic heterocycles. The van der Waals surface area contributed by atoms with E-state index < -0.39 is 6.04 Å². The van der Waals surface area contributed by atoms with Crippen molar-refractivity contribution in [2.45, 2.75) is 58.5 Å². The van der Waals surface area contributed by atoms with Crippen molar-refractivity contribution in [3.63, 3.8) is 0 Å². The van der Waals surface area contributed by atoms with Crippen LogP contribution in [0, 0.1) is 11.8 Å². The van der Waals surface area contributed by atoms with Gasteiger partial charge >= 0.3 is 0 Å². The molecule has 3 atom stereocenters. The molecule has 1 aliphatic heterocycles. The molecule has 3 rings (SSSR count). The second kappa shape index (κ2) is 11.8. The number of nitrogens with zero attached hydrogens (tertiary/aromatic N) is 2. The fourth-order valence-corrected chi connectivity index (χ4v) is 4.88. The van der Waals surface area contributed by atoms with Gasteiger partial charge in [0.2, 0.25) is 23.6 Å². The Hall–Kier alpha value is -2.38. The normalized spacial score (nSPS) is 20.3. The van der Waals surface area contributed by atoms with E-state index >= 15 is 0 Å². The van der Waals surface area contributed by atoms with Crippen molar-refractivity contribution in [1.29, 1.82) is 0 Å². The van der Waals surface area contributed by atoms with E-state index in [1.54, 1.807) is 18.2 Å². The molecule has 1 fully saturated rings. The molecule has 184 valence electrons. The number of hydrogen-bond acceptors (Lipinski definition) is 4. The van der Waals surface area contributed by atoms with Crippen LogP contribution in [-0.2, 0) is 25.7 Å². The van der Waals surface area contributed by atoms with Crippen LogP contribution in [0.4, 0.5) is 0 Å². The third kappa shape index (κ3) is 5.81. The molecule has 0 spiro atoms. The molecule has 7 nitrogen and oxygen atoms in total. The van der Waals surface area contributed by atoms with Gasteiger partial charge in [0.1, 0.15) is 6.04 Å². The molecular formula is C25H31Cl2N3O4. The zero-order chi connectivity index (χ0) is 24.8. The van der Waals surface area contributed by atoms with Gasteiger partial charge in [0.15, 0.2) is 0 Å².